The first kappa shape index (κ1) is 10.9. The molecule has 0 radical (unpaired) electrons. The fourth-order valence-electron chi connectivity index (χ4n) is 1.02. The van der Waals surface area contributed by atoms with E-state index in [0.717, 1.165) is 0 Å². The molecule has 0 aliphatic heterocycles. The van der Waals surface area contributed by atoms with Gasteiger partial charge in [0.2, 0.25) is 5.95 Å². The Bertz CT molecular complexity index is 294. The predicted octanol–water partition coefficient (Wildman–Crippen LogP) is -0.00460. The summed E-state index contributed by atoms with van der Waals surface area (Å²) >= 11 is 0. The second-order valence-electron chi connectivity index (χ2n) is 4.03. The molecule has 0 aliphatic carbocycles. The molecule has 1 atom stereocenters. The number of aryl methyl sites for hydroxylation is 1. The van der Waals surface area contributed by atoms with Crippen molar-refractivity contribution in [2.75, 3.05) is 11.9 Å². The van der Waals surface area contributed by atoms with Gasteiger partial charge >= 0.3 is 0 Å². The van der Waals surface area contributed by atoms with Gasteiger partial charge in [-0.2, -0.15) is 0 Å². The van der Waals surface area contributed by atoms with E-state index in [4.69, 9.17) is 5.73 Å². The summed E-state index contributed by atoms with van der Waals surface area (Å²) in [6.07, 6.45) is 0. The Morgan fingerprint density at radius 2 is 2.21 bits per heavy atom. The second-order valence-corrected chi connectivity index (χ2v) is 4.03. The van der Waals surface area contributed by atoms with Gasteiger partial charge in [-0.1, -0.05) is 18.9 Å². The molecule has 80 valence electrons. The minimum Gasteiger partial charge on any atom is -0.346 e. The van der Waals surface area contributed by atoms with Crippen LogP contribution in [0.15, 0.2) is 0 Å². The van der Waals surface area contributed by atoms with Crippen molar-refractivity contribution < 1.29 is 0 Å². The van der Waals surface area contributed by atoms with Crippen molar-refractivity contribution >= 4 is 5.95 Å². The van der Waals surface area contributed by atoms with Gasteiger partial charge in [0.15, 0.2) is 0 Å². The number of tetrazole rings is 1. The van der Waals surface area contributed by atoms with E-state index in [-0.39, 0.29) is 5.54 Å². The Balaban J connectivity index is 2.80. The van der Waals surface area contributed by atoms with Gasteiger partial charge in [0.1, 0.15) is 0 Å². The van der Waals surface area contributed by atoms with Crippen LogP contribution in [0.25, 0.3) is 0 Å². The minimum absolute atomic E-state index is 0.178. The van der Waals surface area contributed by atoms with Crippen molar-refractivity contribution in [3.8, 4) is 0 Å². The number of hydrogen-bond donors (Lipinski definition) is 2. The lowest BCUT2D eigenvalue weighted by molar-refractivity contribution is 0.378. The van der Waals surface area contributed by atoms with Crippen LogP contribution in [0.4, 0.5) is 5.95 Å². The average molecular weight is 198 g/mol. The standard InChI is InChI=1S/C8H18N6/c1-6(2)8(3,5-9)10-7-11-12-13-14(7)4/h6H,5,9H2,1-4H3,(H,10,11,13). The Labute approximate surface area is 83.9 Å². The van der Waals surface area contributed by atoms with E-state index in [1.165, 1.54) is 0 Å². The lowest BCUT2D eigenvalue weighted by Gasteiger charge is -2.33. The van der Waals surface area contributed by atoms with Crippen LogP contribution in [0.1, 0.15) is 20.8 Å². The predicted molar refractivity (Wildman–Crippen MR) is 54.7 cm³/mol. The van der Waals surface area contributed by atoms with Gasteiger partial charge < -0.3 is 11.1 Å². The summed E-state index contributed by atoms with van der Waals surface area (Å²) in [5, 5.41) is 14.4. The zero-order valence-electron chi connectivity index (χ0n) is 9.15. The third-order valence-corrected chi connectivity index (χ3v) is 2.72. The summed E-state index contributed by atoms with van der Waals surface area (Å²) in [5.74, 6) is 1.05. The Morgan fingerprint density at radius 3 is 2.57 bits per heavy atom. The van der Waals surface area contributed by atoms with E-state index >= 15 is 0 Å². The van der Waals surface area contributed by atoms with E-state index in [1.807, 2.05) is 0 Å². The van der Waals surface area contributed by atoms with Crippen molar-refractivity contribution in [3.63, 3.8) is 0 Å². The SMILES string of the molecule is CC(C)C(C)(CN)Nc1nnnn1C. The van der Waals surface area contributed by atoms with E-state index in [1.54, 1.807) is 11.7 Å². The molecule has 0 saturated carbocycles. The number of anilines is 1. The molecule has 0 aliphatic rings. The highest BCUT2D eigenvalue weighted by Gasteiger charge is 2.27. The molecule has 0 aromatic carbocycles. The molecule has 0 fully saturated rings. The van der Waals surface area contributed by atoms with Crippen LogP contribution in [-0.2, 0) is 7.05 Å². The van der Waals surface area contributed by atoms with Crippen LogP contribution in [-0.4, -0.2) is 32.3 Å². The smallest absolute Gasteiger partial charge is 0.243 e. The molecule has 0 amide bonds. The first-order valence-corrected chi connectivity index (χ1v) is 4.70. The number of nitrogens with zero attached hydrogens (tertiary/aromatic N) is 4. The van der Waals surface area contributed by atoms with Gasteiger partial charge in [-0.05, 0) is 23.3 Å². The normalized spacial score (nSPS) is 15.6. The van der Waals surface area contributed by atoms with Gasteiger partial charge in [-0.3, -0.25) is 0 Å². The summed E-state index contributed by atoms with van der Waals surface area (Å²) in [7, 11) is 1.79. The largest absolute Gasteiger partial charge is 0.346 e. The molecule has 0 spiro atoms. The third-order valence-electron chi connectivity index (χ3n) is 2.72. The van der Waals surface area contributed by atoms with E-state index in [0.29, 0.717) is 18.4 Å². The zero-order chi connectivity index (χ0) is 10.8. The zero-order valence-corrected chi connectivity index (χ0v) is 9.15. The first-order valence-electron chi connectivity index (χ1n) is 4.70. The fourth-order valence-corrected chi connectivity index (χ4v) is 1.02. The summed E-state index contributed by atoms with van der Waals surface area (Å²) in [6.45, 7) is 6.83. The second kappa shape index (κ2) is 3.91. The Morgan fingerprint density at radius 1 is 1.57 bits per heavy atom. The van der Waals surface area contributed by atoms with Crippen molar-refractivity contribution in [1.29, 1.82) is 0 Å². The molecule has 1 rings (SSSR count). The molecular formula is C8H18N6. The lowest BCUT2D eigenvalue weighted by Crippen LogP contribution is -2.47. The van der Waals surface area contributed by atoms with Crippen molar-refractivity contribution in [3.05, 3.63) is 0 Å². The van der Waals surface area contributed by atoms with E-state index in [9.17, 15) is 0 Å². The van der Waals surface area contributed by atoms with Crippen LogP contribution < -0.4 is 11.1 Å². The van der Waals surface area contributed by atoms with Gasteiger partial charge in [-0.25, -0.2) is 4.68 Å². The average Bonchev–Trinajstić information content (AvgIpc) is 2.51. The van der Waals surface area contributed by atoms with Crippen molar-refractivity contribution in [1.82, 2.24) is 20.2 Å². The molecule has 0 bridgehead atoms. The van der Waals surface area contributed by atoms with Gasteiger partial charge in [-0.15, -0.1) is 0 Å². The lowest BCUT2D eigenvalue weighted by atomic mass is 9.89. The molecule has 6 heteroatoms. The number of nitrogens with two attached hydrogens (primary N) is 1. The maximum atomic E-state index is 5.73. The van der Waals surface area contributed by atoms with Crippen LogP contribution in [0.2, 0.25) is 0 Å². The quantitative estimate of drug-likeness (QED) is 0.711. The molecule has 1 heterocycles. The monoisotopic (exact) mass is 198 g/mol. The summed E-state index contributed by atoms with van der Waals surface area (Å²) < 4.78 is 1.59. The highest BCUT2D eigenvalue weighted by Crippen LogP contribution is 2.19. The highest BCUT2D eigenvalue weighted by molar-refractivity contribution is 5.27. The molecule has 14 heavy (non-hydrogen) atoms. The molecule has 6 nitrogen and oxygen atoms in total. The van der Waals surface area contributed by atoms with Crippen LogP contribution in [0.5, 0.6) is 0 Å². The van der Waals surface area contributed by atoms with Gasteiger partial charge in [0.05, 0.1) is 5.54 Å². The fraction of sp³-hybridized carbons (Fsp3) is 0.875. The Kier molecular flexibility index (Phi) is 3.05. The summed E-state index contributed by atoms with van der Waals surface area (Å²) in [4.78, 5) is 0. The topological polar surface area (TPSA) is 81.7 Å². The molecular weight excluding hydrogens is 180 g/mol. The first-order chi connectivity index (χ1) is 6.49. The maximum Gasteiger partial charge on any atom is 0.243 e. The molecule has 0 saturated heterocycles. The highest BCUT2D eigenvalue weighted by atomic mass is 15.6. The minimum atomic E-state index is -0.178. The van der Waals surface area contributed by atoms with Crippen molar-refractivity contribution in [2.24, 2.45) is 18.7 Å². The maximum absolute atomic E-state index is 5.73. The molecule has 1 unspecified atom stereocenters. The third kappa shape index (κ3) is 2.01. The molecule has 3 N–H and O–H groups in total. The van der Waals surface area contributed by atoms with E-state index in [2.05, 4.69) is 41.6 Å². The van der Waals surface area contributed by atoms with Crippen LogP contribution >= 0.6 is 0 Å². The molecule has 1 aromatic rings. The van der Waals surface area contributed by atoms with Gasteiger partial charge in [0.25, 0.3) is 0 Å². The van der Waals surface area contributed by atoms with Gasteiger partial charge in [0, 0.05) is 13.6 Å². The van der Waals surface area contributed by atoms with E-state index < -0.39 is 0 Å². The summed E-state index contributed by atoms with van der Waals surface area (Å²) in [5.41, 5.74) is 5.56. The number of aromatic nitrogens is 4. The molecule has 1 aromatic heterocycles. The van der Waals surface area contributed by atoms with Crippen LogP contribution in [0, 0.1) is 5.92 Å². The number of rotatable bonds is 4. The van der Waals surface area contributed by atoms with Crippen molar-refractivity contribution in [2.45, 2.75) is 26.3 Å². The Hall–Kier alpha value is -1.17. The summed E-state index contributed by atoms with van der Waals surface area (Å²) in [6, 6.07) is 0. The van der Waals surface area contributed by atoms with Crippen LogP contribution in [0.3, 0.4) is 0 Å². The number of nitrogens with one attached hydrogen (secondary N) is 1. The number of hydrogen-bond acceptors (Lipinski definition) is 5.